The van der Waals surface area contributed by atoms with E-state index in [9.17, 15) is 4.79 Å². The van der Waals surface area contributed by atoms with Crippen molar-refractivity contribution >= 4 is 6.29 Å². The van der Waals surface area contributed by atoms with Crippen molar-refractivity contribution in [1.82, 2.24) is 0 Å². The molecule has 0 aromatic heterocycles. The summed E-state index contributed by atoms with van der Waals surface area (Å²) >= 11 is 0. The largest absolute Gasteiger partial charge is 0.302 e. The van der Waals surface area contributed by atoms with Crippen LogP contribution < -0.4 is 0 Å². The van der Waals surface area contributed by atoms with E-state index in [0.29, 0.717) is 0 Å². The van der Waals surface area contributed by atoms with E-state index in [1.54, 1.807) is 0 Å². The van der Waals surface area contributed by atoms with Crippen LogP contribution >= 0.6 is 0 Å². The van der Waals surface area contributed by atoms with Crippen molar-refractivity contribution < 1.29 is 4.79 Å². The Kier molecular flexibility index (Phi) is 3.36. The van der Waals surface area contributed by atoms with Crippen LogP contribution in [0.4, 0.5) is 0 Å². The van der Waals surface area contributed by atoms with Gasteiger partial charge in [0, 0.05) is 11.1 Å². The van der Waals surface area contributed by atoms with E-state index in [0.717, 1.165) is 17.4 Å². The molecule has 0 saturated carbocycles. The molecule has 13 heavy (non-hydrogen) atoms. The lowest BCUT2D eigenvalue weighted by Gasteiger charge is -1.90. The fourth-order valence-corrected chi connectivity index (χ4v) is 0.881. The molecule has 62 valence electrons. The average molecular weight is 168 g/mol. The summed E-state index contributed by atoms with van der Waals surface area (Å²) in [5.41, 5.74) is 1.65. The monoisotopic (exact) mass is 168 g/mol. The topological polar surface area (TPSA) is 17.1 Å². The van der Waals surface area contributed by atoms with Crippen molar-refractivity contribution in [2.24, 2.45) is 0 Å². The van der Waals surface area contributed by atoms with Crippen LogP contribution in [0.2, 0.25) is 0 Å². The predicted molar refractivity (Wildman–Crippen MR) is 51.9 cm³/mol. The van der Waals surface area contributed by atoms with Crippen molar-refractivity contribution in [3.05, 3.63) is 35.4 Å². The number of aldehydes is 1. The van der Waals surface area contributed by atoms with E-state index < -0.39 is 0 Å². The first-order valence-electron chi connectivity index (χ1n) is 3.86. The second kappa shape index (κ2) is 4.80. The normalized spacial score (nSPS) is 7.92. The summed E-state index contributed by atoms with van der Waals surface area (Å²) in [5.74, 6) is 8.08. The molecule has 1 heteroatoms. The molecule has 0 unspecified atom stereocenters. The highest BCUT2D eigenvalue weighted by atomic mass is 16.1. The predicted octanol–water partition coefficient (Wildman–Crippen LogP) is 1.61. The van der Waals surface area contributed by atoms with Gasteiger partial charge < -0.3 is 4.79 Å². The summed E-state index contributed by atoms with van der Waals surface area (Å²) in [6.45, 7) is 0. The number of hydrogen-bond acceptors (Lipinski definition) is 1. The molecule has 0 fully saturated rings. The zero-order valence-corrected chi connectivity index (χ0v) is 7.08. The maximum absolute atomic E-state index is 9.98. The van der Waals surface area contributed by atoms with Crippen LogP contribution in [-0.4, -0.2) is 6.29 Å². The zero-order valence-electron chi connectivity index (χ0n) is 7.08. The van der Waals surface area contributed by atoms with Crippen molar-refractivity contribution in [1.29, 1.82) is 0 Å². The van der Waals surface area contributed by atoms with E-state index in [-0.39, 0.29) is 6.42 Å². The van der Waals surface area contributed by atoms with E-state index in [1.807, 2.05) is 24.3 Å². The molecule has 0 spiro atoms. The number of hydrogen-bond donors (Lipinski definition) is 0. The highest BCUT2D eigenvalue weighted by molar-refractivity contribution is 5.55. The molecule has 0 N–H and O–H groups in total. The Morgan fingerprint density at radius 1 is 1.38 bits per heavy atom. The molecule has 0 radical (unpaired) electrons. The van der Waals surface area contributed by atoms with E-state index in [2.05, 4.69) is 17.8 Å². The van der Waals surface area contributed by atoms with Gasteiger partial charge in [-0.25, -0.2) is 0 Å². The second-order valence-electron chi connectivity index (χ2n) is 2.40. The Morgan fingerprint density at radius 2 is 2.15 bits per heavy atom. The first-order chi connectivity index (χ1) is 6.36. The summed E-state index contributed by atoms with van der Waals surface area (Å²) in [6.07, 6.45) is 6.26. The highest BCUT2D eigenvalue weighted by Crippen LogP contribution is 2.01. The van der Waals surface area contributed by atoms with Crippen LogP contribution in [-0.2, 0) is 4.79 Å². The number of benzene rings is 1. The van der Waals surface area contributed by atoms with Gasteiger partial charge in [0.1, 0.15) is 6.29 Å². The van der Waals surface area contributed by atoms with Gasteiger partial charge in [-0.15, -0.1) is 6.42 Å². The number of carbonyl (C=O) groups excluding carboxylic acids is 1. The molecule has 0 atom stereocenters. The van der Waals surface area contributed by atoms with Gasteiger partial charge in [-0.2, -0.15) is 0 Å². The van der Waals surface area contributed by atoms with Crippen LogP contribution in [0.1, 0.15) is 17.5 Å². The minimum atomic E-state index is 0.264. The molecule has 0 saturated heterocycles. The Balaban J connectivity index is 2.86. The molecule has 0 amide bonds. The van der Waals surface area contributed by atoms with Crippen LogP contribution in [0, 0.1) is 24.2 Å². The fourth-order valence-electron chi connectivity index (χ4n) is 0.881. The summed E-state index contributed by atoms with van der Waals surface area (Å²) < 4.78 is 0. The van der Waals surface area contributed by atoms with E-state index in [1.165, 1.54) is 0 Å². The smallest absolute Gasteiger partial charge is 0.131 e. The van der Waals surface area contributed by atoms with Crippen molar-refractivity contribution in [2.45, 2.75) is 6.42 Å². The van der Waals surface area contributed by atoms with Crippen LogP contribution in [0.15, 0.2) is 24.3 Å². The molecule has 1 nitrogen and oxygen atoms in total. The van der Waals surface area contributed by atoms with Crippen molar-refractivity contribution in [3.63, 3.8) is 0 Å². The minimum absolute atomic E-state index is 0.264. The third-order valence-electron chi connectivity index (χ3n) is 1.45. The summed E-state index contributed by atoms with van der Waals surface area (Å²) in [7, 11) is 0. The molecular weight excluding hydrogens is 160 g/mol. The summed E-state index contributed by atoms with van der Waals surface area (Å²) in [6, 6.07) is 7.36. The second-order valence-corrected chi connectivity index (χ2v) is 2.40. The third kappa shape index (κ3) is 2.85. The zero-order chi connectivity index (χ0) is 9.52. The Labute approximate surface area is 77.8 Å². The van der Waals surface area contributed by atoms with Gasteiger partial charge in [0.25, 0.3) is 0 Å². The number of terminal acetylenes is 1. The third-order valence-corrected chi connectivity index (χ3v) is 1.45. The van der Waals surface area contributed by atoms with Gasteiger partial charge in [-0.05, 0) is 18.2 Å². The standard InChI is InChI=1S/C12H8O/c1-2-11-7-5-8-12(10-11)6-3-4-9-13/h1,5,7-10H,4H2. The van der Waals surface area contributed by atoms with Crippen molar-refractivity contribution in [2.75, 3.05) is 0 Å². The minimum Gasteiger partial charge on any atom is -0.302 e. The molecule has 1 aromatic rings. The molecule has 0 bridgehead atoms. The van der Waals surface area contributed by atoms with Crippen molar-refractivity contribution in [3.8, 4) is 24.2 Å². The van der Waals surface area contributed by atoms with Crippen LogP contribution in [0.5, 0.6) is 0 Å². The first-order valence-corrected chi connectivity index (χ1v) is 3.86. The molecule has 1 aromatic carbocycles. The lowest BCUT2D eigenvalue weighted by molar-refractivity contribution is -0.107. The Bertz CT molecular complexity index is 399. The number of carbonyl (C=O) groups is 1. The molecule has 0 aliphatic carbocycles. The van der Waals surface area contributed by atoms with Crippen LogP contribution in [0.3, 0.4) is 0 Å². The Morgan fingerprint density at radius 3 is 2.85 bits per heavy atom. The quantitative estimate of drug-likeness (QED) is 0.460. The molecule has 0 heterocycles. The van der Waals surface area contributed by atoms with Gasteiger partial charge in [-0.3, -0.25) is 0 Å². The fraction of sp³-hybridized carbons (Fsp3) is 0.0833. The maximum Gasteiger partial charge on any atom is 0.131 e. The molecular formula is C12H8O. The van der Waals surface area contributed by atoms with Gasteiger partial charge in [0.2, 0.25) is 0 Å². The van der Waals surface area contributed by atoms with Crippen LogP contribution in [0.25, 0.3) is 0 Å². The van der Waals surface area contributed by atoms with Gasteiger partial charge >= 0.3 is 0 Å². The molecule has 0 aliphatic heterocycles. The van der Waals surface area contributed by atoms with E-state index in [4.69, 9.17) is 6.42 Å². The van der Waals surface area contributed by atoms with E-state index >= 15 is 0 Å². The lowest BCUT2D eigenvalue weighted by Crippen LogP contribution is -1.77. The molecule has 1 rings (SSSR count). The highest BCUT2D eigenvalue weighted by Gasteiger charge is 1.87. The van der Waals surface area contributed by atoms with Gasteiger partial charge in [-0.1, -0.05) is 23.8 Å². The first kappa shape index (κ1) is 9.10. The molecule has 0 aliphatic rings. The van der Waals surface area contributed by atoms with Gasteiger partial charge in [0.15, 0.2) is 0 Å². The van der Waals surface area contributed by atoms with Gasteiger partial charge in [0.05, 0.1) is 6.42 Å². The maximum atomic E-state index is 9.98. The Hall–Kier alpha value is -1.99. The summed E-state index contributed by atoms with van der Waals surface area (Å²) in [4.78, 5) is 9.98. The summed E-state index contributed by atoms with van der Waals surface area (Å²) in [5, 5.41) is 0. The number of rotatable bonds is 1. The lowest BCUT2D eigenvalue weighted by atomic mass is 10.1. The average Bonchev–Trinajstić information content (AvgIpc) is 2.19. The SMILES string of the molecule is C#Cc1cccc(C#CCC=O)c1.